The molecule has 35 heavy (non-hydrogen) atoms. The number of sulfonamides is 1. The number of aryl methyl sites for hydroxylation is 1. The van der Waals surface area contributed by atoms with Gasteiger partial charge in [-0.05, 0) is 31.0 Å². The van der Waals surface area contributed by atoms with Gasteiger partial charge in [-0.25, -0.2) is 13.2 Å². The molecule has 4 amide bonds. The standard InChI is InChI=1S/C24H29N5O5S/c1-3-24(19-7-5-4-6-8-19)22(31)29(23(32)25-24)26-21(30)17-27-13-15-28(16-14-27)35(33,34)20-11-9-18(2)10-12-20/h4-12H,3,13-17H2,1-2H3,(H,25,32)(H,26,30). The minimum Gasteiger partial charge on any atom is -0.318 e. The fraction of sp³-hybridized carbons (Fsp3) is 0.375. The molecule has 1 unspecified atom stereocenters. The quantitative estimate of drug-likeness (QED) is 0.553. The normalized spacial score (nSPS) is 21.7. The number of hydrogen-bond donors (Lipinski definition) is 2. The van der Waals surface area contributed by atoms with Gasteiger partial charge in [0.25, 0.3) is 11.8 Å². The molecular formula is C24H29N5O5S. The smallest absolute Gasteiger partial charge is 0.318 e. The van der Waals surface area contributed by atoms with Gasteiger partial charge in [0.15, 0.2) is 0 Å². The SMILES string of the molecule is CCC1(c2ccccc2)NC(=O)N(NC(=O)CN2CCN(S(=O)(=O)c3ccc(C)cc3)CC2)C1=O. The van der Waals surface area contributed by atoms with E-state index in [4.69, 9.17) is 0 Å². The van der Waals surface area contributed by atoms with Crippen LogP contribution in [0.5, 0.6) is 0 Å². The third-order valence-corrected chi connectivity index (χ3v) is 8.40. The minimum atomic E-state index is -3.61. The summed E-state index contributed by atoms with van der Waals surface area (Å²) >= 11 is 0. The van der Waals surface area contributed by atoms with Crippen LogP contribution in [0.25, 0.3) is 0 Å². The topological polar surface area (TPSA) is 119 Å². The lowest BCUT2D eigenvalue weighted by atomic mass is 9.87. The monoisotopic (exact) mass is 499 g/mol. The highest BCUT2D eigenvalue weighted by molar-refractivity contribution is 7.89. The third kappa shape index (κ3) is 4.79. The summed E-state index contributed by atoms with van der Waals surface area (Å²) in [4.78, 5) is 40.4. The van der Waals surface area contributed by atoms with E-state index in [1.54, 1.807) is 60.4 Å². The first-order valence-electron chi connectivity index (χ1n) is 11.5. The summed E-state index contributed by atoms with van der Waals surface area (Å²) in [6.07, 6.45) is 0.325. The number of rotatable bonds is 7. The summed E-state index contributed by atoms with van der Waals surface area (Å²) < 4.78 is 27.2. The number of nitrogens with one attached hydrogen (secondary N) is 2. The van der Waals surface area contributed by atoms with Crippen LogP contribution in [-0.4, -0.2) is 73.2 Å². The molecule has 2 heterocycles. The van der Waals surface area contributed by atoms with Crippen molar-refractivity contribution < 1.29 is 22.8 Å². The molecule has 0 aromatic heterocycles. The number of carbonyl (C=O) groups excluding carboxylic acids is 3. The maximum Gasteiger partial charge on any atom is 0.344 e. The molecule has 2 saturated heterocycles. The first kappa shape index (κ1) is 24.8. The number of hydrogen-bond acceptors (Lipinski definition) is 6. The van der Waals surface area contributed by atoms with Crippen molar-refractivity contribution in [2.45, 2.75) is 30.7 Å². The Morgan fingerprint density at radius 1 is 1.00 bits per heavy atom. The maximum atomic E-state index is 13.1. The first-order valence-corrected chi connectivity index (χ1v) is 12.9. The summed E-state index contributed by atoms with van der Waals surface area (Å²) in [6.45, 7) is 4.78. The Balaban J connectivity index is 1.35. The van der Waals surface area contributed by atoms with Gasteiger partial charge in [-0.1, -0.05) is 55.0 Å². The number of nitrogens with zero attached hydrogens (tertiary/aromatic N) is 3. The van der Waals surface area contributed by atoms with Crippen molar-refractivity contribution >= 4 is 27.9 Å². The van der Waals surface area contributed by atoms with Crippen molar-refractivity contribution in [2.24, 2.45) is 0 Å². The molecule has 2 aliphatic heterocycles. The van der Waals surface area contributed by atoms with Gasteiger partial charge >= 0.3 is 6.03 Å². The number of amides is 4. The van der Waals surface area contributed by atoms with Crippen molar-refractivity contribution in [3.63, 3.8) is 0 Å². The molecule has 2 aromatic rings. The van der Waals surface area contributed by atoms with Gasteiger partial charge in [0.05, 0.1) is 11.4 Å². The fourth-order valence-electron chi connectivity index (χ4n) is 4.39. The predicted octanol–water partition coefficient (Wildman–Crippen LogP) is 1.19. The van der Waals surface area contributed by atoms with Crippen molar-refractivity contribution in [3.8, 4) is 0 Å². The van der Waals surface area contributed by atoms with Crippen molar-refractivity contribution in [3.05, 3.63) is 65.7 Å². The van der Waals surface area contributed by atoms with Crippen LogP contribution in [0.3, 0.4) is 0 Å². The minimum absolute atomic E-state index is 0.0695. The van der Waals surface area contributed by atoms with E-state index in [-0.39, 0.29) is 24.5 Å². The first-order chi connectivity index (χ1) is 16.7. The van der Waals surface area contributed by atoms with Crippen LogP contribution in [0.1, 0.15) is 24.5 Å². The predicted molar refractivity (Wildman–Crippen MR) is 128 cm³/mol. The summed E-state index contributed by atoms with van der Waals surface area (Å²) in [5, 5.41) is 3.45. The molecule has 10 nitrogen and oxygen atoms in total. The number of carbonyl (C=O) groups is 3. The second-order valence-electron chi connectivity index (χ2n) is 8.72. The van der Waals surface area contributed by atoms with E-state index in [2.05, 4.69) is 10.7 Å². The largest absolute Gasteiger partial charge is 0.344 e. The molecule has 2 aliphatic rings. The Kier molecular flexibility index (Phi) is 6.93. The lowest BCUT2D eigenvalue weighted by Gasteiger charge is -2.33. The summed E-state index contributed by atoms with van der Waals surface area (Å²) in [7, 11) is -3.61. The van der Waals surface area contributed by atoms with E-state index >= 15 is 0 Å². The van der Waals surface area contributed by atoms with E-state index in [0.29, 0.717) is 25.1 Å². The van der Waals surface area contributed by atoms with Gasteiger partial charge in [-0.15, -0.1) is 0 Å². The number of benzene rings is 2. The van der Waals surface area contributed by atoms with Gasteiger partial charge in [-0.2, -0.15) is 9.31 Å². The van der Waals surface area contributed by atoms with Gasteiger partial charge in [-0.3, -0.25) is 19.9 Å². The molecule has 0 bridgehead atoms. The van der Waals surface area contributed by atoms with Crippen molar-refractivity contribution in [2.75, 3.05) is 32.7 Å². The summed E-state index contributed by atoms with van der Waals surface area (Å²) in [6, 6.07) is 14.9. The molecule has 2 fully saturated rings. The van der Waals surface area contributed by atoms with E-state index in [1.807, 2.05) is 13.0 Å². The Morgan fingerprint density at radius 3 is 2.23 bits per heavy atom. The molecule has 2 aromatic carbocycles. The molecule has 4 rings (SSSR count). The van der Waals surface area contributed by atoms with Crippen molar-refractivity contribution in [1.82, 2.24) is 25.0 Å². The van der Waals surface area contributed by atoms with Gasteiger partial charge < -0.3 is 5.32 Å². The lowest BCUT2D eigenvalue weighted by Crippen LogP contribution is -2.54. The Morgan fingerprint density at radius 2 is 1.63 bits per heavy atom. The number of imide groups is 1. The molecule has 0 radical (unpaired) electrons. The van der Waals surface area contributed by atoms with Crippen LogP contribution in [0.2, 0.25) is 0 Å². The molecule has 0 saturated carbocycles. The molecule has 186 valence electrons. The molecule has 2 N–H and O–H groups in total. The zero-order valence-electron chi connectivity index (χ0n) is 19.7. The van der Waals surface area contributed by atoms with Crippen molar-refractivity contribution in [1.29, 1.82) is 0 Å². The van der Waals surface area contributed by atoms with Crippen LogP contribution < -0.4 is 10.7 Å². The fourth-order valence-corrected chi connectivity index (χ4v) is 5.81. The molecular weight excluding hydrogens is 470 g/mol. The molecule has 11 heteroatoms. The van der Waals surface area contributed by atoms with Crippen LogP contribution in [0.4, 0.5) is 4.79 Å². The molecule has 1 atom stereocenters. The summed E-state index contributed by atoms with van der Waals surface area (Å²) in [5.41, 5.74) is 2.80. The van der Waals surface area contributed by atoms with E-state index in [0.717, 1.165) is 10.6 Å². The highest BCUT2D eigenvalue weighted by atomic mass is 32.2. The number of hydrazine groups is 1. The van der Waals surface area contributed by atoms with Gasteiger partial charge in [0, 0.05) is 26.2 Å². The van der Waals surface area contributed by atoms with Crippen LogP contribution >= 0.6 is 0 Å². The zero-order chi connectivity index (χ0) is 25.2. The second kappa shape index (κ2) is 9.76. The average Bonchev–Trinajstić information content (AvgIpc) is 3.10. The highest BCUT2D eigenvalue weighted by Crippen LogP contribution is 2.31. The highest BCUT2D eigenvalue weighted by Gasteiger charge is 2.52. The Labute approximate surface area is 204 Å². The van der Waals surface area contributed by atoms with E-state index < -0.39 is 33.4 Å². The van der Waals surface area contributed by atoms with E-state index in [1.165, 1.54) is 4.31 Å². The maximum absolute atomic E-state index is 13.1. The summed E-state index contributed by atoms with van der Waals surface area (Å²) in [5.74, 6) is -1.07. The average molecular weight is 500 g/mol. The Bertz CT molecular complexity index is 1210. The third-order valence-electron chi connectivity index (χ3n) is 6.48. The second-order valence-corrected chi connectivity index (χ2v) is 10.7. The number of urea groups is 1. The Hall–Kier alpha value is -3.28. The molecule has 0 aliphatic carbocycles. The van der Waals surface area contributed by atoms with Crippen LogP contribution in [0, 0.1) is 6.92 Å². The number of piperazine rings is 1. The zero-order valence-corrected chi connectivity index (χ0v) is 20.5. The molecule has 0 spiro atoms. The van der Waals surface area contributed by atoms with Crippen LogP contribution in [0.15, 0.2) is 59.5 Å². The van der Waals surface area contributed by atoms with E-state index in [9.17, 15) is 22.8 Å². The van der Waals surface area contributed by atoms with Gasteiger partial charge in [0.2, 0.25) is 10.0 Å². The lowest BCUT2D eigenvalue weighted by molar-refractivity contribution is -0.140. The van der Waals surface area contributed by atoms with Gasteiger partial charge in [0.1, 0.15) is 5.54 Å². The van der Waals surface area contributed by atoms with Crippen LogP contribution in [-0.2, 0) is 25.2 Å².